The van der Waals surface area contributed by atoms with Crippen LogP contribution in [0.25, 0.3) is 10.9 Å². The first-order chi connectivity index (χ1) is 11.2. The standard InChI is InChI=1S/C16H18N4O2S/c21-15-12(8-11-4-1-2-6-14(11)19-15)9-18-20-16(23)17-10-13-5-3-7-22-13/h1-2,4,6,8-9,13H,3,5,7,10H2,(H,19,21)(H2,17,20,23)/b18-9+/t13-/m0/s1. The van der Waals surface area contributed by atoms with Crippen LogP contribution < -0.4 is 16.3 Å². The highest BCUT2D eigenvalue weighted by Crippen LogP contribution is 2.10. The molecule has 0 aliphatic carbocycles. The van der Waals surface area contributed by atoms with Gasteiger partial charge in [0, 0.05) is 18.7 Å². The second-order valence-electron chi connectivity index (χ2n) is 5.36. The molecule has 0 bridgehead atoms. The van der Waals surface area contributed by atoms with E-state index in [-0.39, 0.29) is 11.7 Å². The number of H-pyrrole nitrogens is 1. The lowest BCUT2D eigenvalue weighted by Crippen LogP contribution is -2.37. The topological polar surface area (TPSA) is 78.5 Å². The van der Waals surface area contributed by atoms with Gasteiger partial charge in [-0.25, -0.2) is 0 Å². The van der Waals surface area contributed by atoms with Crippen LogP contribution >= 0.6 is 12.2 Å². The predicted octanol–water partition coefficient (Wildman–Crippen LogP) is 1.51. The molecule has 0 spiro atoms. The largest absolute Gasteiger partial charge is 0.376 e. The van der Waals surface area contributed by atoms with Crippen LogP contribution in [0.1, 0.15) is 18.4 Å². The van der Waals surface area contributed by atoms with E-state index in [0.717, 1.165) is 30.4 Å². The van der Waals surface area contributed by atoms with Crippen LogP contribution in [0.15, 0.2) is 40.2 Å². The number of ether oxygens (including phenoxy) is 1. The van der Waals surface area contributed by atoms with Gasteiger partial charge in [0.25, 0.3) is 5.56 Å². The maximum absolute atomic E-state index is 12.0. The summed E-state index contributed by atoms with van der Waals surface area (Å²) >= 11 is 5.14. The number of hydrazone groups is 1. The van der Waals surface area contributed by atoms with Crippen LogP contribution in [-0.2, 0) is 4.74 Å². The molecule has 2 aromatic rings. The van der Waals surface area contributed by atoms with Crippen molar-refractivity contribution in [3.05, 3.63) is 46.2 Å². The van der Waals surface area contributed by atoms with Crippen LogP contribution in [0.2, 0.25) is 0 Å². The summed E-state index contributed by atoms with van der Waals surface area (Å²) in [5.41, 5.74) is 3.80. The molecule has 0 amide bonds. The average molecular weight is 330 g/mol. The van der Waals surface area contributed by atoms with E-state index >= 15 is 0 Å². The van der Waals surface area contributed by atoms with Crippen molar-refractivity contribution in [2.45, 2.75) is 18.9 Å². The number of thiocarbonyl (C=S) groups is 1. The van der Waals surface area contributed by atoms with Gasteiger partial charge in [0.1, 0.15) is 0 Å². The first-order valence-corrected chi connectivity index (χ1v) is 7.94. The smallest absolute Gasteiger partial charge is 0.257 e. The Morgan fingerprint density at radius 2 is 2.35 bits per heavy atom. The Morgan fingerprint density at radius 3 is 3.17 bits per heavy atom. The van der Waals surface area contributed by atoms with Gasteiger partial charge in [-0.2, -0.15) is 5.10 Å². The second-order valence-corrected chi connectivity index (χ2v) is 5.76. The minimum atomic E-state index is -0.188. The van der Waals surface area contributed by atoms with Gasteiger partial charge in [0.15, 0.2) is 5.11 Å². The van der Waals surface area contributed by atoms with Gasteiger partial charge < -0.3 is 15.0 Å². The molecule has 1 aromatic heterocycles. The first kappa shape index (κ1) is 15.6. The molecule has 0 saturated carbocycles. The Kier molecular flexibility index (Phi) is 4.99. The van der Waals surface area contributed by atoms with Gasteiger partial charge in [-0.1, -0.05) is 18.2 Å². The molecule has 1 aliphatic heterocycles. The third-order valence-electron chi connectivity index (χ3n) is 3.67. The first-order valence-electron chi connectivity index (χ1n) is 7.53. The molecule has 1 saturated heterocycles. The van der Waals surface area contributed by atoms with Gasteiger partial charge in [0.05, 0.1) is 17.9 Å². The lowest BCUT2D eigenvalue weighted by Gasteiger charge is -2.11. The van der Waals surface area contributed by atoms with Crippen LogP contribution in [0.3, 0.4) is 0 Å². The summed E-state index contributed by atoms with van der Waals surface area (Å²) in [5, 5.41) is 8.43. The molecular weight excluding hydrogens is 312 g/mol. The lowest BCUT2D eigenvalue weighted by molar-refractivity contribution is 0.114. The third-order valence-corrected chi connectivity index (χ3v) is 3.90. The average Bonchev–Trinajstić information content (AvgIpc) is 3.07. The number of fused-ring (bicyclic) bond motifs is 1. The molecule has 1 aliphatic rings. The highest BCUT2D eigenvalue weighted by Gasteiger charge is 2.14. The SMILES string of the molecule is O=c1[nH]c2ccccc2cc1/C=N/NC(=S)NC[C@@H]1CCCO1. The number of aromatic nitrogens is 1. The molecule has 7 heteroatoms. The highest BCUT2D eigenvalue weighted by molar-refractivity contribution is 7.80. The zero-order valence-corrected chi connectivity index (χ0v) is 13.4. The summed E-state index contributed by atoms with van der Waals surface area (Å²) in [6.07, 6.45) is 3.81. The van der Waals surface area contributed by atoms with E-state index in [4.69, 9.17) is 17.0 Å². The molecule has 2 heterocycles. The van der Waals surface area contributed by atoms with Gasteiger partial charge >= 0.3 is 0 Å². The molecule has 3 rings (SSSR count). The Morgan fingerprint density at radius 1 is 1.48 bits per heavy atom. The van der Waals surface area contributed by atoms with E-state index in [1.165, 1.54) is 6.21 Å². The van der Waals surface area contributed by atoms with E-state index in [9.17, 15) is 4.79 Å². The van der Waals surface area contributed by atoms with Gasteiger partial charge in [-0.05, 0) is 42.6 Å². The van der Waals surface area contributed by atoms with Gasteiger partial charge in [0.2, 0.25) is 0 Å². The molecule has 1 fully saturated rings. The van der Waals surface area contributed by atoms with E-state index in [2.05, 4.69) is 20.8 Å². The molecule has 0 radical (unpaired) electrons. The number of aromatic amines is 1. The van der Waals surface area contributed by atoms with Crippen molar-refractivity contribution in [2.24, 2.45) is 5.10 Å². The molecule has 23 heavy (non-hydrogen) atoms. The maximum Gasteiger partial charge on any atom is 0.257 e. The lowest BCUT2D eigenvalue weighted by atomic mass is 10.2. The highest BCUT2D eigenvalue weighted by atomic mass is 32.1. The summed E-state index contributed by atoms with van der Waals surface area (Å²) in [6.45, 7) is 1.48. The van der Waals surface area contributed by atoms with Crippen molar-refractivity contribution in [3.63, 3.8) is 0 Å². The molecule has 120 valence electrons. The summed E-state index contributed by atoms with van der Waals surface area (Å²) < 4.78 is 5.50. The van der Waals surface area contributed by atoms with Crippen molar-refractivity contribution in [1.82, 2.24) is 15.7 Å². The fourth-order valence-corrected chi connectivity index (χ4v) is 2.61. The van der Waals surface area contributed by atoms with E-state index in [0.29, 0.717) is 17.2 Å². The monoisotopic (exact) mass is 330 g/mol. The van der Waals surface area contributed by atoms with Crippen LogP contribution in [0.5, 0.6) is 0 Å². The summed E-state index contributed by atoms with van der Waals surface area (Å²) in [4.78, 5) is 14.8. The fourth-order valence-electron chi connectivity index (χ4n) is 2.47. The van der Waals surface area contributed by atoms with Gasteiger partial charge in [-0.15, -0.1) is 0 Å². The number of rotatable bonds is 4. The van der Waals surface area contributed by atoms with Crippen LogP contribution in [-0.4, -0.2) is 35.6 Å². The van der Waals surface area contributed by atoms with E-state index in [1.807, 2.05) is 24.3 Å². The normalized spacial score (nSPS) is 17.7. The Hall–Kier alpha value is -2.25. The van der Waals surface area contributed by atoms with Crippen molar-refractivity contribution < 1.29 is 4.74 Å². The van der Waals surface area contributed by atoms with Crippen LogP contribution in [0.4, 0.5) is 0 Å². The minimum Gasteiger partial charge on any atom is -0.376 e. The van der Waals surface area contributed by atoms with Crippen molar-refractivity contribution in [1.29, 1.82) is 0 Å². The van der Waals surface area contributed by atoms with E-state index in [1.54, 1.807) is 6.07 Å². The van der Waals surface area contributed by atoms with Crippen molar-refractivity contribution in [2.75, 3.05) is 13.2 Å². The van der Waals surface area contributed by atoms with Crippen molar-refractivity contribution >= 4 is 34.4 Å². The summed E-state index contributed by atoms with van der Waals surface area (Å²) in [6, 6.07) is 9.39. The number of benzene rings is 1. The number of hydrogen-bond donors (Lipinski definition) is 3. The molecular formula is C16H18N4O2S. The fraction of sp³-hybridized carbons (Fsp3) is 0.312. The summed E-state index contributed by atoms with van der Waals surface area (Å²) in [5.74, 6) is 0. The summed E-state index contributed by atoms with van der Waals surface area (Å²) in [7, 11) is 0. The minimum absolute atomic E-state index is 0.188. The Labute approximate surface area is 138 Å². The number of nitrogens with zero attached hydrogens (tertiary/aromatic N) is 1. The van der Waals surface area contributed by atoms with Gasteiger partial charge in [-0.3, -0.25) is 10.2 Å². The Balaban J connectivity index is 1.58. The predicted molar refractivity (Wildman–Crippen MR) is 94.9 cm³/mol. The quantitative estimate of drug-likeness (QED) is 0.450. The molecule has 3 N–H and O–H groups in total. The molecule has 0 unspecified atom stereocenters. The molecule has 1 atom stereocenters. The van der Waals surface area contributed by atoms with E-state index < -0.39 is 0 Å². The number of hydrogen-bond acceptors (Lipinski definition) is 4. The second kappa shape index (κ2) is 7.34. The molecule has 1 aromatic carbocycles. The zero-order valence-electron chi connectivity index (χ0n) is 12.5. The molecule has 6 nitrogen and oxygen atoms in total. The number of nitrogens with one attached hydrogen (secondary N) is 3. The number of pyridine rings is 1. The Bertz CT molecular complexity index is 781. The third kappa shape index (κ3) is 4.14. The number of para-hydroxylation sites is 1. The maximum atomic E-state index is 12.0. The van der Waals surface area contributed by atoms with Crippen molar-refractivity contribution in [3.8, 4) is 0 Å². The van der Waals surface area contributed by atoms with Crippen LogP contribution in [0, 0.1) is 0 Å². The zero-order chi connectivity index (χ0) is 16.1.